The Morgan fingerprint density at radius 2 is 1.81 bits per heavy atom. The third-order valence-electron chi connectivity index (χ3n) is 4.58. The van der Waals surface area contributed by atoms with E-state index in [0.717, 1.165) is 12.8 Å². The maximum absolute atomic E-state index is 12.5. The minimum atomic E-state index is -0.173. The van der Waals surface area contributed by atoms with Crippen LogP contribution in [0.4, 0.5) is 10.5 Å². The summed E-state index contributed by atoms with van der Waals surface area (Å²) in [6.45, 7) is 8.08. The molecule has 26 heavy (non-hydrogen) atoms. The average molecular weight is 360 g/mol. The Labute approximate surface area is 154 Å². The Morgan fingerprint density at radius 1 is 1.15 bits per heavy atom. The average Bonchev–Trinajstić information content (AvgIpc) is 2.63. The van der Waals surface area contributed by atoms with Crippen LogP contribution in [0.5, 0.6) is 0 Å². The van der Waals surface area contributed by atoms with Crippen LogP contribution in [-0.2, 0) is 4.79 Å². The molecule has 1 aromatic rings. The molecular weight excluding hydrogens is 332 g/mol. The van der Waals surface area contributed by atoms with Crippen molar-refractivity contribution in [1.29, 1.82) is 0 Å². The molecule has 1 aliphatic rings. The van der Waals surface area contributed by atoms with Crippen molar-refractivity contribution < 1.29 is 14.4 Å². The largest absolute Gasteiger partial charge is 0.349 e. The zero-order valence-corrected chi connectivity index (χ0v) is 15.7. The Bertz CT molecular complexity index is 650. The van der Waals surface area contributed by atoms with Crippen molar-refractivity contribution in [2.45, 2.75) is 39.7 Å². The topological polar surface area (TPSA) is 81.8 Å². The zero-order valence-electron chi connectivity index (χ0n) is 15.7. The minimum absolute atomic E-state index is 0.0488. The number of rotatable bonds is 5. The van der Waals surface area contributed by atoms with Gasteiger partial charge in [-0.1, -0.05) is 6.07 Å². The van der Waals surface area contributed by atoms with Crippen LogP contribution in [0.2, 0.25) is 0 Å². The maximum Gasteiger partial charge on any atom is 0.319 e. The molecule has 0 bridgehead atoms. The van der Waals surface area contributed by atoms with Gasteiger partial charge in [-0.3, -0.25) is 9.59 Å². The molecule has 0 saturated carbocycles. The van der Waals surface area contributed by atoms with Gasteiger partial charge in [-0.2, -0.15) is 0 Å². The molecule has 0 aromatic heterocycles. The van der Waals surface area contributed by atoms with Crippen molar-refractivity contribution in [2.24, 2.45) is 0 Å². The lowest BCUT2D eigenvalue weighted by Gasteiger charge is -2.35. The predicted molar refractivity (Wildman–Crippen MR) is 101 cm³/mol. The fourth-order valence-electron chi connectivity index (χ4n) is 3.12. The fraction of sp³-hybridized carbons (Fsp3) is 0.526. The lowest BCUT2D eigenvalue weighted by molar-refractivity contribution is -0.114. The predicted octanol–water partition coefficient (Wildman–Crippen LogP) is 2.30. The SMILES string of the molecule is CCN(CC)C(=O)N1CCC(NC(=O)c2cccc(NC(C)=O)c2)CC1. The third kappa shape index (κ3) is 5.21. The van der Waals surface area contributed by atoms with E-state index in [-0.39, 0.29) is 23.9 Å². The van der Waals surface area contributed by atoms with Crippen LogP contribution in [0.1, 0.15) is 44.0 Å². The van der Waals surface area contributed by atoms with Crippen LogP contribution < -0.4 is 10.6 Å². The van der Waals surface area contributed by atoms with Crippen LogP contribution in [0.15, 0.2) is 24.3 Å². The summed E-state index contributed by atoms with van der Waals surface area (Å²) in [4.78, 5) is 39.6. The summed E-state index contributed by atoms with van der Waals surface area (Å²) in [5.41, 5.74) is 1.11. The number of carbonyl (C=O) groups is 3. The molecule has 142 valence electrons. The molecule has 1 aliphatic heterocycles. The summed E-state index contributed by atoms with van der Waals surface area (Å²) < 4.78 is 0. The van der Waals surface area contributed by atoms with E-state index < -0.39 is 0 Å². The van der Waals surface area contributed by atoms with Crippen LogP contribution >= 0.6 is 0 Å². The first-order valence-corrected chi connectivity index (χ1v) is 9.17. The summed E-state index contributed by atoms with van der Waals surface area (Å²) in [7, 11) is 0. The number of urea groups is 1. The first-order valence-electron chi connectivity index (χ1n) is 9.17. The maximum atomic E-state index is 12.5. The molecule has 1 heterocycles. The van der Waals surface area contributed by atoms with Crippen molar-refractivity contribution in [2.75, 3.05) is 31.5 Å². The molecule has 1 aromatic carbocycles. The standard InChI is InChI=1S/C19H28N4O3/c1-4-22(5-2)19(26)23-11-9-16(10-12-23)21-18(25)15-7-6-8-17(13-15)20-14(3)24/h6-8,13,16H,4-5,9-12H2,1-3H3,(H,20,24)(H,21,25). The highest BCUT2D eigenvalue weighted by atomic mass is 16.2. The van der Waals surface area contributed by atoms with E-state index in [4.69, 9.17) is 0 Å². The second-order valence-electron chi connectivity index (χ2n) is 6.45. The van der Waals surface area contributed by atoms with E-state index in [0.29, 0.717) is 37.4 Å². The minimum Gasteiger partial charge on any atom is -0.349 e. The van der Waals surface area contributed by atoms with Gasteiger partial charge in [0, 0.05) is 50.4 Å². The van der Waals surface area contributed by atoms with E-state index >= 15 is 0 Å². The lowest BCUT2D eigenvalue weighted by atomic mass is 10.0. The number of anilines is 1. The monoisotopic (exact) mass is 360 g/mol. The number of amides is 4. The highest BCUT2D eigenvalue weighted by molar-refractivity contribution is 5.96. The van der Waals surface area contributed by atoms with Gasteiger partial charge in [-0.05, 0) is 44.9 Å². The second kappa shape index (κ2) is 9.22. The zero-order chi connectivity index (χ0) is 19.1. The van der Waals surface area contributed by atoms with Gasteiger partial charge >= 0.3 is 6.03 Å². The smallest absolute Gasteiger partial charge is 0.319 e. The molecule has 0 unspecified atom stereocenters. The molecule has 4 amide bonds. The Morgan fingerprint density at radius 3 is 2.38 bits per heavy atom. The van der Waals surface area contributed by atoms with Gasteiger partial charge in [-0.25, -0.2) is 4.79 Å². The Balaban J connectivity index is 1.88. The van der Waals surface area contributed by atoms with Crippen molar-refractivity contribution in [3.63, 3.8) is 0 Å². The number of benzene rings is 1. The van der Waals surface area contributed by atoms with Crippen LogP contribution in [0, 0.1) is 0 Å². The normalized spacial score (nSPS) is 14.7. The molecule has 1 fully saturated rings. The number of nitrogens with one attached hydrogen (secondary N) is 2. The van der Waals surface area contributed by atoms with Gasteiger partial charge in [0.15, 0.2) is 0 Å². The second-order valence-corrected chi connectivity index (χ2v) is 6.45. The molecule has 0 radical (unpaired) electrons. The highest BCUT2D eigenvalue weighted by Gasteiger charge is 2.26. The van der Waals surface area contributed by atoms with E-state index in [1.807, 2.05) is 23.6 Å². The van der Waals surface area contributed by atoms with Crippen molar-refractivity contribution in [3.05, 3.63) is 29.8 Å². The summed E-state index contributed by atoms with van der Waals surface area (Å²) in [6, 6.07) is 6.99. The number of hydrogen-bond acceptors (Lipinski definition) is 3. The van der Waals surface area contributed by atoms with Crippen molar-refractivity contribution >= 4 is 23.5 Å². The number of piperidine rings is 1. The molecule has 1 saturated heterocycles. The molecular formula is C19H28N4O3. The van der Waals surface area contributed by atoms with Crippen LogP contribution in [0.3, 0.4) is 0 Å². The van der Waals surface area contributed by atoms with Crippen LogP contribution in [0.25, 0.3) is 0 Å². The van der Waals surface area contributed by atoms with E-state index in [9.17, 15) is 14.4 Å². The lowest BCUT2D eigenvalue weighted by Crippen LogP contribution is -2.50. The van der Waals surface area contributed by atoms with Gasteiger partial charge in [0.05, 0.1) is 0 Å². The summed E-state index contributed by atoms with van der Waals surface area (Å²) in [5.74, 6) is -0.335. The fourth-order valence-corrected chi connectivity index (χ4v) is 3.12. The number of nitrogens with zero attached hydrogens (tertiary/aromatic N) is 2. The Kier molecular flexibility index (Phi) is 7.00. The van der Waals surface area contributed by atoms with Gasteiger partial charge in [0.1, 0.15) is 0 Å². The van der Waals surface area contributed by atoms with Crippen LogP contribution in [-0.4, -0.2) is 59.9 Å². The van der Waals surface area contributed by atoms with E-state index in [1.54, 1.807) is 24.3 Å². The Hall–Kier alpha value is -2.57. The van der Waals surface area contributed by atoms with Crippen molar-refractivity contribution in [1.82, 2.24) is 15.1 Å². The van der Waals surface area contributed by atoms with E-state index in [1.165, 1.54) is 6.92 Å². The summed E-state index contributed by atoms with van der Waals surface area (Å²) >= 11 is 0. The first kappa shape index (κ1) is 19.8. The molecule has 7 heteroatoms. The first-order chi connectivity index (χ1) is 12.4. The van der Waals surface area contributed by atoms with Gasteiger partial charge in [0.2, 0.25) is 5.91 Å². The number of likely N-dealkylation sites (tertiary alicyclic amines) is 1. The molecule has 0 atom stereocenters. The molecule has 0 spiro atoms. The van der Waals surface area contributed by atoms with Gasteiger partial charge in [-0.15, -0.1) is 0 Å². The number of carbonyl (C=O) groups excluding carboxylic acids is 3. The molecule has 2 rings (SSSR count). The quantitative estimate of drug-likeness (QED) is 0.845. The van der Waals surface area contributed by atoms with E-state index in [2.05, 4.69) is 10.6 Å². The van der Waals surface area contributed by atoms with Gasteiger partial charge in [0.25, 0.3) is 5.91 Å². The molecule has 0 aliphatic carbocycles. The third-order valence-corrected chi connectivity index (χ3v) is 4.58. The highest BCUT2D eigenvalue weighted by Crippen LogP contribution is 2.15. The van der Waals surface area contributed by atoms with Gasteiger partial charge < -0.3 is 20.4 Å². The number of hydrogen-bond donors (Lipinski definition) is 2. The van der Waals surface area contributed by atoms with Crippen molar-refractivity contribution in [3.8, 4) is 0 Å². The summed E-state index contributed by atoms with van der Waals surface area (Å²) in [5, 5.41) is 5.70. The molecule has 2 N–H and O–H groups in total. The summed E-state index contributed by atoms with van der Waals surface area (Å²) in [6.07, 6.45) is 1.48. The molecule has 7 nitrogen and oxygen atoms in total.